The molecule has 1 aliphatic carbocycles. The topological polar surface area (TPSA) is 0 Å². The van der Waals surface area contributed by atoms with Gasteiger partial charge in [0.2, 0.25) is 0 Å². The van der Waals surface area contributed by atoms with E-state index in [2.05, 4.69) is 159 Å². The summed E-state index contributed by atoms with van der Waals surface area (Å²) in [6.07, 6.45) is 14.5. The standard InChI is InChI=1S/2C13H13P.C8H11.Ir/c2*1-14(12-8-4-2-5-9-12)13-10-6-3-7-11-13;1-2-4-6-8-7-5-3-1;/h2*2-11H,1H3;1-2,7H,3-6H2;/q;;-1;/p+2. The monoisotopic (exact) mass is 702 g/mol. The first-order valence-corrected chi connectivity index (χ1v) is 16.8. The van der Waals surface area contributed by atoms with Crippen molar-refractivity contribution in [3.63, 3.8) is 0 Å². The minimum atomic E-state index is -0.545. The Bertz CT molecular complexity index is 958. The molecule has 0 amide bonds. The van der Waals surface area contributed by atoms with Gasteiger partial charge in [-0.15, -0.1) is 0 Å². The van der Waals surface area contributed by atoms with Crippen molar-refractivity contribution in [3.05, 3.63) is 146 Å². The third-order valence-electron chi connectivity index (χ3n) is 6.07. The number of allylic oxidation sites excluding steroid dienone is 4. The number of hydrogen-bond acceptors (Lipinski definition) is 0. The molecule has 0 unspecified atom stereocenters. The molecule has 0 spiro atoms. The quantitative estimate of drug-likeness (QED) is 0.118. The summed E-state index contributed by atoms with van der Waals surface area (Å²) in [4.78, 5) is 0. The van der Waals surface area contributed by atoms with Crippen molar-refractivity contribution in [2.24, 2.45) is 0 Å². The summed E-state index contributed by atoms with van der Waals surface area (Å²) < 4.78 is 0. The molecule has 0 aliphatic heterocycles. The predicted molar refractivity (Wildman–Crippen MR) is 168 cm³/mol. The third-order valence-corrected chi connectivity index (χ3v) is 10.9. The maximum atomic E-state index is 3.21. The molecule has 193 valence electrons. The molecule has 37 heavy (non-hydrogen) atoms. The van der Waals surface area contributed by atoms with Gasteiger partial charge in [0, 0.05) is 20.1 Å². The van der Waals surface area contributed by atoms with E-state index in [1.165, 1.54) is 40.5 Å². The van der Waals surface area contributed by atoms with E-state index >= 15 is 0 Å². The summed E-state index contributed by atoms with van der Waals surface area (Å²) >= 11 is 0. The zero-order valence-electron chi connectivity index (χ0n) is 21.9. The second-order valence-electron chi connectivity index (χ2n) is 8.71. The maximum absolute atomic E-state index is 3.21. The Morgan fingerprint density at radius 3 is 1.14 bits per heavy atom. The minimum absolute atomic E-state index is 0. The van der Waals surface area contributed by atoms with Gasteiger partial charge in [-0.2, -0.15) is 6.42 Å². The molecule has 0 saturated heterocycles. The summed E-state index contributed by atoms with van der Waals surface area (Å²) in [5.74, 6) is 0. The van der Waals surface area contributed by atoms with Crippen molar-refractivity contribution in [1.29, 1.82) is 0 Å². The number of benzene rings is 4. The summed E-state index contributed by atoms with van der Waals surface area (Å²) in [6.45, 7) is 4.69. The summed E-state index contributed by atoms with van der Waals surface area (Å²) in [5, 5.41) is 5.90. The average molecular weight is 702 g/mol. The Balaban J connectivity index is 0.000000200. The molecule has 0 atom stereocenters. The number of hydrogen-bond donors (Lipinski definition) is 0. The molecule has 3 heteroatoms. The zero-order valence-corrected chi connectivity index (χ0v) is 26.3. The van der Waals surface area contributed by atoms with Gasteiger partial charge in [0.05, 0.1) is 50.4 Å². The maximum Gasteiger partial charge on any atom is 0.0964 e. The molecule has 1 radical (unpaired) electrons. The first-order valence-electron chi connectivity index (χ1n) is 12.8. The molecule has 1 aliphatic rings. The van der Waals surface area contributed by atoms with Crippen LogP contribution < -0.4 is 21.2 Å². The molecule has 0 heterocycles. The van der Waals surface area contributed by atoms with Crippen LogP contribution in [0.5, 0.6) is 0 Å². The van der Waals surface area contributed by atoms with Crippen LogP contribution in [0.1, 0.15) is 25.7 Å². The average Bonchev–Trinajstić information content (AvgIpc) is 2.94. The van der Waals surface area contributed by atoms with Crippen LogP contribution in [-0.4, -0.2) is 13.3 Å². The van der Waals surface area contributed by atoms with E-state index in [9.17, 15) is 0 Å². The van der Waals surface area contributed by atoms with Gasteiger partial charge in [0.1, 0.15) is 0 Å². The Hall–Kier alpha value is -2.13. The van der Waals surface area contributed by atoms with Crippen LogP contribution in [0.25, 0.3) is 0 Å². The van der Waals surface area contributed by atoms with Gasteiger partial charge < -0.3 is 6.08 Å². The van der Waals surface area contributed by atoms with Crippen LogP contribution in [-0.2, 0) is 20.1 Å². The largest absolute Gasteiger partial charge is 0.500 e. The van der Waals surface area contributed by atoms with Crippen LogP contribution in [0.4, 0.5) is 0 Å². The molecular formula is C34H39IrP2+. The van der Waals surface area contributed by atoms with Crippen molar-refractivity contribution >= 4 is 37.1 Å². The summed E-state index contributed by atoms with van der Waals surface area (Å²) in [6, 6.07) is 43.0. The van der Waals surface area contributed by atoms with Crippen LogP contribution >= 0.6 is 15.8 Å². The van der Waals surface area contributed by atoms with Crippen molar-refractivity contribution in [2.75, 3.05) is 13.3 Å². The van der Waals surface area contributed by atoms with Crippen molar-refractivity contribution in [1.82, 2.24) is 0 Å². The fraction of sp³-hybridized carbons (Fsp3) is 0.176. The van der Waals surface area contributed by atoms with Crippen molar-refractivity contribution < 1.29 is 20.1 Å². The molecule has 4 aromatic carbocycles. The second kappa shape index (κ2) is 19.0. The van der Waals surface area contributed by atoms with E-state index in [-0.39, 0.29) is 20.1 Å². The van der Waals surface area contributed by atoms with Gasteiger partial charge in [-0.1, -0.05) is 97.8 Å². The van der Waals surface area contributed by atoms with Crippen LogP contribution in [0, 0.1) is 6.08 Å². The van der Waals surface area contributed by atoms with Crippen molar-refractivity contribution in [2.45, 2.75) is 25.7 Å². The van der Waals surface area contributed by atoms with E-state index in [1.807, 2.05) is 0 Å². The Labute approximate surface area is 240 Å². The Morgan fingerprint density at radius 1 is 0.459 bits per heavy atom. The smallest absolute Gasteiger partial charge is 0.0964 e. The van der Waals surface area contributed by atoms with Gasteiger partial charge in [-0.3, -0.25) is 6.08 Å². The summed E-state index contributed by atoms with van der Waals surface area (Å²) in [5.41, 5.74) is 0. The first kappa shape index (κ1) is 31.1. The van der Waals surface area contributed by atoms with Crippen molar-refractivity contribution in [3.8, 4) is 0 Å². The van der Waals surface area contributed by atoms with Crippen LogP contribution in [0.15, 0.2) is 140 Å². The van der Waals surface area contributed by atoms with E-state index in [1.54, 1.807) is 0 Å². The minimum Gasteiger partial charge on any atom is -0.500 e. The SMILES string of the molecule is C[PH+](c1ccccc1)c1ccccc1.C[PH+](c1ccccc1)c1ccccc1.[C-]1=CCCC=CCC1.[Ir]. The molecule has 0 nitrogen and oxygen atoms in total. The molecule has 0 N–H and O–H groups in total. The molecule has 0 aromatic heterocycles. The predicted octanol–water partition coefficient (Wildman–Crippen LogP) is 7.44. The zero-order chi connectivity index (χ0) is 25.3. The van der Waals surface area contributed by atoms with Gasteiger partial charge in [-0.25, -0.2) is 0 Å². The fourth-order valence-corrected chi connectivity index (χ4v) is 7.31. The van der Waals surface area contributed by atoms with E-state index in [0.717, 1.165) is 6.42 Å². The molecular weight excluding hydrogens is 663 g/mol. The van der Waals surface area contributed by atoms with Gasteiger partial charge in [-0.05, 0) is 55.0 Å². The van der Waals surface area contributed by atoms with Crippen LogP contribution in [0.2, 0.25) is 0 Å². The van der Waals surface area contributed by atoms with E-state index < -0.39 is 15.8 Å². The van der Waals surface area contributed by atoms with E-state index in [4.69, 9.17) is 0 Å². The molecule has 4 aromatic rings. The van der Waals surface area contributed by atoms with E-state index in [0.29, 0.717) is 0 Å². The fourth-order valence-electron chi connectivity index (χ4n) is 3.87. The second-order valence-corrected chi connectivity index (χ2v) is 13.5. The molecule has 0 fully saturated rings. The first-order chi connectivity index (χ1) is 17.8. The van der Waals surface area contributed by atoms with Gasteiger partial charge >= 0.3 is 0 Å². The molecule has 5 rings (SSSR count). The normalized spacial score (nSPS) is 12.2. The molecule has 0 bridgehead atoms. The Morgan fingerprint density at radius 2 is 0.784 bits per heavy atom. The van der Waals surface area contributed by atoms with Gasteiger partial charge in [0.15, 0.2) is 0 Å². The van der Waals surface area contributed by atoms with Gasteiger partial charge in [0.25, 0.3) is 0 Å². The molecule has 0 saturated carbocycles. The third kappa shape index (κ3) is 11.9. The summed E-state index contributed by atoms with van der Waals surface area (Å²) in [7, 11) is -1.09. The van der Waals surface area contributed by atoms with Crippen LogP contribution in [0.3, 0.4) is 0 Å². The number of rotatable bonds is 4. The Kier molecular flexibility index (Phi) is 16.0.